The molecule has 0 saturated carbocycles. The van der Waals surface area contributed by atoms with Crippen LogP contribution in [-0.4, -0.2) is 33.1 Å². The number of aromatic amines is 1. The first-order chi connectivity index (χ1) is 15.7. The van der Waals surface area contributed by atoms with E-state index in [1.54, 1.807) is 42.5 Å². The fourth-order valence-electron chi connectivity index (χ4n) is 3.05. The van der Waals surface area contributed by atoms with Crippen LogP contribution in [0.2, 0.25) is 0 Å². The standard InChI is InChI=1S/C23H21N5O4/c1-2-3-4-5-13-31-16-11-9-15(10-12-16)23(30)24-18-8-6-7-17-19(29)14-20(32-21(17)18)22-25-27-28-26-22/h4-12,14H,2-3,13H2,1H3,(H,24,30)(H,25,26,27,28). The summed E-state index contributed by atoms with van der Waals surface area (Å²) in [5.41, 5.74) is 0.743. The molecule has 0 atom stereocenters. The Morgan fingerprint density at radius 3 is 2.78 bits per heavy atom. The summed E-state index contributed by atoms with van der Waals surface area (Å²) < 4.78 is 11.5. The van der Waals surface area contributed by atoms with E-state index in [0.29, 0.717) is 29.0 Å². The van der Waals surface area contributed by atoms with Gasteiger partial charge in [0.05, 0.1) is 11.1 Å². The van der Waals surface area contributed by atoms with Crippen molar-refractivity contribution in [2.75, 3.05) is 11.9 Å². The van der Waals surface area contributed by atoms with Crippen molar-refractivity contribution >= 4 is 22.6 Å². The number of hydrogen-bond donors (Lipinski definition) is 2. The van der Waals surface area contributed by atoms with E-state index in [9.17, 15) is 9.59 Å². The predicted octanol–water partition coefficient (Wildman–Crippen LogP) is 3.96. The number of nitrogens with zero attached hydrogens (tertiary/aromatic N) is 3. The molecule has 0 spiro atoms. The van der Waals surface area contributed by atoms with E-state index in [0.717, 1.165) is 12.8 Å². The van der Waals surface area contributed by atoms with Crippen molar-refractivity contribution in [3.05, 3.63) is 76.5 Å². The molecule has 2 heterocycles. The van der Waals surface area contributed by atoms with Gasteiger partial charge in [0.25, 0.3) is 5.91 Å². The van der Waals surface area contributed by atoms with Gasteiger partial charge in [0.2, 0.25) is 5.82 Å². The highest BCUT2D eigenvalue weighted by Crippen LogP contribution is 2.26. The van der Waals surface area contributed by atoms with Crippen LogP contribution in [0.3, 0.4) is 0 Å². The number of H-pyrrole nitrogens is 1. The molecule has 0 radical (unpaired) electrons. The molecule has 1 amide bonds. The van der Waals surface area contributed by atoms with E-state index in [1.165, 1.54) is 6.07 Å². The van der Waals surface area contributed by atoms with E-state index >= 15 is 0 Å². The lowest BCUT2D eigenvalue weighted by Crippen LogP contribution is -2.13. The van der Waals surface area contributed by atoms with Gasteiger partial charge in [0, 0.05) is 11.6 Å². The molecule has 32 heavy (non-hydrogen) atoms. The van der Waals surface area contributed by atoms with Gasteiger partial charge in [-0.05, 0) is 48.0 Å². The van der Waals surface area contributed by atoms with Crippen LogP contribution in [0.1, 0.15) is 30.1 Å². The first-order valence-corrected chi connectivity index (χ1v) is 10.2. The summed E-state index contributed by atoms with van der Waals surface area (Å²) in [5.74, 6) is 0.612. The summed E-state index contributed by atoms with van der Waals surface area (Å²) in [6.07, 6.45) is 6.17. The van der Waals surface area contributed by atoms with Crippen molar-refractivity contribution in [3.8, 4) is 17.3 Å². The lowest BCUT2D eigenvalue weighted by Gasteiger charge is -2.09. The molecule has 4 rings (SSSR count). The number of unbranched alkanes of at least 4 members (excludes halogenated alkanes) is 1. The number of carbonyl (C=O) groups is 1. The van der Waals surface area contributed by atoms with Gasteiger partial charge >= 0.3 is 0 Å². The number of tetrazole rings is 1. The van der Waals surface area contributed by atoms with Crippen molar-refractivity contribution in [1.29, 1.82) is 0 Å². The maximum Gasteiger partial charge on any atom is 0.255 e. The molecule has 2 aromatic heterocycles. The zero-order valence-corrected chi connectivity index (χ0v) is 17.4. The highest BCUT2D eigenvalue weighted by molar-refractivity contribution is 6.08. The van der Waals surface area contributed by atoms with Gasteiger partial charge < -0.3 is 14.5 Å². The Labute approximate surface area is 183 Å². The molecular weight excluding hydrogens is 410 g/mol. The van der Waals surface area contributed by atoms with Crippen LogP contribution >= 0.6 is 0 Å². The second kappa shape index (κ2) is 9.69. The van der Waals surface area contributed by atoms with Crippen LogP contribution in [0.25, 0.3) is 22.6 Å². The van der Waals surface area contributed by atoms with Gasteiger partial charge in [-0.3, -0.25) is 9.59 Å². The lowest BCUT2D eigenvalue weighted by atomic mass is 10.1. The fourth-order valence-corrected chi connectivity index (χ4v) is 3.05. The molecule has 0 bridgehead atoms. The van der Waals surface area contributed by atoms with E-state index in [2.05, 4.69) is 38.9 Å². The van der Waals surface area contributed by atoms with Gasteiger partial charge in [0.1, 0.15) is 12.4 Å². The molecule has 0 unspecified atom stereocenters. The summed E-state index contributed by atoms with van der Waals surface area (Å²) in [6, 6.07) is 13.1. The first-order valence-electron chi connectivity index (χ1n) is 10.2. The Balaban J connectivity index is 1.53. The maximum absolute atomic E-state index is 12.8. The van der Waals surface area contributed by atoms with Crippen molar-refractivity contribution in [2.45, 2.75) is 19.8 Å². The summed E-state index contributed by atoms with van der Waals surface area (Å²) in [4.78, 5) is 25.3. The third-order valence-electron chi connectivity index (χ3n) is 4.65. The maximum atomic E-state index is 12.8. The first kappa shape index (κ1) is 21.0. The number of benzene rings is 2. The normalized spacial score (nSPS) is 11.2. The fraction of sp³-hybridized carbons (Fsp3) is 0.174. The minimum Gasteiger partial charge on any atom is -0.490 e. The van der Waals surface area contributed by atoms with Crippen molar-refractivity contribution < 1.29 is 13.9 Å². The van der Waals surface area contributed by atoms with Crippen LogP contribution in [-0.2, 0) is 0 Å². The lowest BCUT2D eigenvalue weighted by molar-refractivity contribution is 0.102. The molecule has 2 N–H and O–H groups in total. The molecule has 162 valence electrons. The average Bonchev–Trinajstić information content (AvgIpc) is 3.35. The number of amides is 1. The number of para-hydroxylation sites is 1. The number of aromatic nitrogens is 4. The number of fused-ring (bicyclic) bond motifs is 1. The largest absolute Gasteiger partial charge is 0.490 e. The third-order valence-corrected chi connectivity index (χ3v) is 4.65. The quantitative estimate of drug-likeness (QED) is 0.405. The number of anilines is 1. The Kier molecular flexibility index (Phi) is 6.35. The van der Waals surface area contributed by atoms with E-state index in [-0.39, 0.29) is 28.5 Å². The van der Waals surface area contributed by atoms with Gasteiger partial charge in [-0.25, -0.2) is 0 Å². The Morgan fingerprint density at radius 1 is 1.19 bits per heavy atom. The molecule has 9 nitrogen and oxygen atoms in total. The average molecular weight is 431 g/mol. The second-order valence-corrected chi connectivity index (χ2v) is 6.94. The number of allylic oxidation sites excluding steroid dienone is 1. The zero-order chi connectivity index (χ0) is 22.3. The molecule has 0 fully saturated rings. The van der Waals surface area contributed by atoms with E-state index in [4.69, 9.17) is 9.15 Å². The van der Waals surface area contributed by atoms with Crippen LogP contribution in [0.5, 0.6) is 5.75 Å². The number of rotatable bonds is 8. The third kappa shape index (κ3) is 4.72. The Morgan fingerprint density at radius 2 is 2.03 bits per heavy atom. The minimum absolute atomic E-state index is 0.144. The van der Waals surface area contributed by atoms with Gasteiger partial charge in [-0.15, -0.1) is 10.2 Å². The van der Waals surface area contributed by atoms with Crippen LogP contribution in [0, 0.1) is 0 Å². The molecular formula is C23H21N5O4. The van der Waals surface area contributed by atoms with E-state index in [1.807, 2.05) is 6.08 Å². The summed E-state index contributed by atoms with van der Waals surface area (Å²) >= 11 is 0. The molecule has 0 aliphatic rings. The van der Waals surface area contributed by atoms with Crippen molar-refractivity contribution in [3.63, 3.8) is 0 Å². The molecule has 0 aliphatic heterocycles. The summed E-state index contributed by atoms with van der Waals surface area (Å²) in [6.45, 7) is 2.59. The van der Waals surface area contributed by atoms with Crippen molar-refractivity contribution in [2.24, 2.45) is 0 Å². The summed E-state index contributed by atoms with van der Waals surface area (Å²) in [5, 5.41) is 16.6. The number of nitrogens with one attached hydrogen (secondary N) is 2. The molecule has 4 aromatic rings. The van der Waals surface area contributed by atoms with Crippen LogP contribution in [0.15, 0.2) is 69.9 Å². The van der Waals surface area contributed by atoms with Gasteiger partial charge in [-0.1, -0.05) is 31.6 Å². The van der Waals surface area contributed by atoms with Crippen molar-refractivity contribution in [1.82, 2.24) is 20.6 Å². The van der Waals surface area contributed by atoms with Crippen LogP contribution in [0.4, 0.5) is 5.69 Å². The smallest absolute Gasteiger partial charge is 0.255 e. The monoisotopic (exact) mass is 431 g/mol. The molecule has 0 aliphatic carbocycles. The molecule has 0 saturated heterocycles. The number of ether oxygens (including phenoxy) is 1. The van der Waals surface area contributed by atoms with Gasteiger partial charge in [0.15, 0.2) is 16.8 Å². The SMILES string of the molecule is CCCC=CCOc1ccc(C(=O)Nc2cccc3c(=O)cc(-c4nn[nH]n4)oc23)cc1. The highest BCUT2D eigenvalue weighted by Gasteiger charge is 2.15. The second-order valence-electron chi connectivity index (χ2n) is 6.94. The number of carbonyl (C=O) groups excluding carboxylic acids is 1. The molecule has 9 heteroatoms. The number of hydrogen-bond acceptors (Lipinski definition) is 7. The highest BCUT2D eigenvalue weighted by atomic mass is 16.5. The topological polar surface area (TPSA) is 123 Å². The molecule has 2 aromatic carbocycles. The minimum atomic E-state index is -0.348. The van der Waals surface area contributed by atoms with Crippen LogP contribution < -0.4 is 15.5 Å². The van der Waals surface area contributed by atoms with Gasteiger partial charge in [-0.2, -0.15) is 5.21 Å². The summed E-state index contributed by atoms with van der Waals surface area (Å²) in [7, 11) is 0. The zero-order valence-electron chi connectivity index (χ0n) is 17.4. The Bertz CT molecular complexity index is 1290. The van der Waals surface area contributed by atoms with E-state index < -0.39 is 0 Å². The predicted molar refractivity (Wildman–Crippen MR) is 120 cm³/mol. The Hall–Kier alpha value is -4.27.